The van der Waals surface area contributed by atoms with Crippen molar-refractivity contribution in [3.8, 4) is 0 Å². The lowest BCUT2D eigenvalue weighted by Gasteiger charge is -2.42. The van der Waals surface area contributed by atoms with Gasteiger partial charge in [-0.05, 0) is 39.8 Å². The minimum Gasteiger partial charge on any atom is -0.444 e. The Kier molecular flexibility index (Phi) is 8.82. The first-order valence-corrected chi connectivity index (χ1v) is 8.74. The van der Waals surface area contributed by atoms with Crippen LogP contribution < -0.4 is 5.32 Å². The molecule has 0 saturated carbocycles. The first-order valence-electron chi connectivity index (χ1n) is 8.74. The second-order valence-corrected chi connectivity index (χ2v) is 6.77. The van der Waals surface area contributed by atoms with Crippen molar-refractivity contribution in [1.82, 2.24) is 20.1 Å². The lowest BCUT2D eigenvalue weighted by molar-refractivity contribution is -0.160. The average molecular weight is 409 g/mol. The van der Waals surface area contributed by atoms with Gasteiger partial charge in [0.05, 0.1) is 12.2 Å². The molecule has 26 heavy (non-hydrogen) atoms. The molecule has 0 radical (unpaired) electrons. The summed E-state index contributed by atoms with van der Waals surface area (Å²) in [5.41, 5.74) is 0.316. The molecule has 1 aromatic rings. The van der Waals surface area contributed by atoms with Crippen molar-refractivity contribution in [2.24, 2.45) is 0 Å². The van der Waals surface area contributed by atoms with Crippen LogP contribution in [0.15, 0.2) is 4.42 Å². The summed E-state index contributed by atoms with van der Waals surface area (Å²) >= 11 is 0. The Morgan fingerprint density at radius 3 is 2.31 bits per heavy atom. The second-order valence-electron chi connectivity index (χ2n) is 6.77. The van der Waals surface area contributed by atoms with E-state index in [-0.39, 0.29) is 30.7 Å². The van der Waals surface area contributed by atoms with E-state index in [4.69, 9.17) is 9.15 Å². The number of piperazine rings is 1. The van der Waals surface area contributed by atoms with E-state index < -0.39 is 5.60 Å². The van der Waals surface area contributed by atoms with Gasteiger partial charge in [0, 0.05) is 33.3 Å². The van der Waals surface area contributed by atoms with Crippen LogP contribution in [0.1, 0.15) is 30.2 Å². The van der Waals surface area contributed by atoms with Gasteiger partial charge in [-0.1, -0.05) is 0 Å². The predicted molar refractivity (Wildman–Crippen MR) is 104 cm³/mol. The number of nitrogens with one attached hydrogen (secondary N) is 1. The highest BCUT2D eigenvalue weighted by atomic mass is 35.5. The quantitative estimate of drug-likeness (QED) is 0.814. The lowest BCUT2D eigenvalue weighted by atomic mass is 9.90. The van der Waals surface area contributed by atoms with Crippen molar-refractivity contribution in [1.29, 1.82) is 0 Å². The standard InChI is InChI=1S/C17H28N4O3.2ClH/c1-13-14(2)24-15(19-13)12-20-8-10-21(11-9-20)16(22)17(23-3)4-6-18-7-5-17;;/h18H,4-12H2,1-3H3;2*1H. The minimum atomic E-state index is -0.635. The van der Waals surface area contributed by atoms with Crippen LogP contribution in [-0.4, -0.2) is 72.7 Å². The average Bonchev–Trinajstić information content (AvgIpc) is 2.93. The third kappa shape index (κ3) is 4.89. The highest BCUT2D eigenvalue weighted by Crippen LogP contribution is 2.26. The zero-order valence-electron chi connectivity index (χ0n) is 15.7. The van der Waals surface area contributed by atoms with Crippen molar-refractivity contribution < 1.29 is 13.9 Å². The summed E-state index contributed by atoms with van der Waals surface area (Å²) in [4.78, 5) is 21.6. The van der Waals surface area contributed by atoms with E-state index in [1.54, 1.807) is 7.11 Å². The van der Waals surface area contributed by atoms with E-state index in [2.05, 4.69) is 15.2 Å². The molecule has 3 heterocycles. The molecule has 0 atom stereocenters. The van der Waals surface area contributed by atoms with E-state index >= 15 is 0 Å². The molecular weight excluding hydrogens is 379 g/mol. The molecule has 2 aliphatic rings. The molecule has 3 rings (SSSR count). The Labute approximate surface area is 167 Å². The molecule has 1 N–H and O–H groups in total. The predicted octanol–water partition coefficient (Wildman–Crippen LogP) is 1.55. The molecular formula is C17H30Cl2N4O3. The van der Waals surface area contributed by atoms with E-state index in [1.165, 1.54) is 0 Å². The molecule has 9 heteroatoms. The molecule has 1 amide bonds. The van der Waals surface area contributed by atoms with Crippen molar-refractivity contribution in [3.63, 3.8) is 0 Å². The van der Waals surface area contributed by atoms with E-state index in [9.17, 15) is 4.79 Å². The zero-order chi connectivity index (χ0) is 17.2. The summed E-state index contributed by atoms with van der Waals surface area (Å²) in [6, 6.07) is 0. The number of ether oxygens (including phenoxy) is 1. The summed E-state index contributed by atoms with van der Waals surface area (Å²) < 4.78 is 11.3. The van der Waals surface area contributed by atoms with E-state index in [0.717, 1.165) is 69.5 Å². The highest BCUT2D eigenvalue weighted by Gasteiger charge is 2.43. The number of halogens is 2. The Morgan fingerprint density at radius 1 is 1.19 bits per heavy atom. The molecule has 0 aliphatic carbocycles. The van der Waals surface area contributed by atoms with Gasteiger partial charge < -0.3 is 19.4 Å². The number of carbonyl (C=O) groups is 1. The number of nitrogens with zero attached hydrogens (tertiary/aromatic N) is 3. The van der Waals surface area contributed by atoms with Crippen LogP contribution in [0.2, 0.25) is 0 Å². The van der Waals surface area contributed by atoms with Crippen LogP contribution >= 0.6 is 24.8 Å². The van der Waals surface area contributed by atoms with Gasteiger partial charge in [0.15, 0.2) is 0 Å². The molecule has 2 fully saturated rings. The highest BCUT2D eigenvalue weighted by molar-refractivity contribution is 5.86. The number of aromatic nitrogens is 1. The Morgan fingerprint density at radius 2 is 1.81 bits per heavy atom. The topological polar surface area (TPSA) is 70.8 Å². The smallest absolute Gasteiger partial charge is 0.254 e. The first-order chi connectivity index (χ1) is 11.5. The normalized spacial score (nSPS) is 20.2. The third-order valence-corrected chi connectivity index (χ3v) is 5.28. The van der Waals surface area contributed by atoms with Crippen LogP contribution in [0.25, 0.3) is 0 Å². The summed E-state index contributed by atoms with van der Waals surface area (Å²) in [5.74, 6) is 1.79. The third-order valence-electron chi connectivity index (χ3n) is 5.28. The molecule has 2 aliphatic heterocycles. The summed E-state index contributed by atoms with van der Waals surface area (Å²) in [6.07, 6.45) is 1.49. The van der Waals surface area contributed by atoms with Crippen molar-refractivity contribution in [2.45, 2.75) is 38.8 Å². The van der Waals surface area contributed by atoms with Gasteiger partial charge in [-0.2, -0.15) is 0 Å². The number of methoxy groups -OCH3 is 1. The summed E-state index contributed by atoms with van der Waals surface area (Å²) in [6.45, 7) is 9.41. The molecule has 7 nitrogen and oxygen atoms in total. The monoisotopic (exact) mass is 408 g/mol. The maximum atomic E-state index is 12.9. The van der Waals surface area contributed by atoms with E-state index in [1.807, 2.05) is 18.7 Å². The minimum absolute atomic E-state index is 0. The van der Waals surface area contributed by atoms with E-state index in [0.29, 0.717) is 6.54 Å². The van der Waals surface area contributed by atoms with Crippen LogP contribution in [0, 0.1) is 13.8 Å². The molecule has 0 unspecified atom stereocenters. The van der Waals surface area contributed by atoms with Gasteiger partial charge in [0.1, 0.15) is 11.4 Å². The Bertz CT molecular complexity index is 563. The zero-order valence-corrected chi connectivity index (χ0v) is 17.4. The van der Waals surface area contributed by atoms with Crippen molar-refractivity contribution in [2.75, 3.05) is 46.4 Å². The summed E-state index contributed by atoms with van der Waals surface area (Å²) in [5, 5.41) is 3.30. The van der Waals surface area contributed by atoms with Gasteiger partial charge >= 0.3 is 0 Å². The van der Waals surface area contributed by atoms with Crippen LogP contribution in [0.5, 0.6) is 0 Å². The molecule has 150 valence electrons. The number of hydrogen-bond acceptors (Lipinski definition) is 6. The number of hydrogen-bond donors (Lipinski definition) is 1. The second kappa shape index (κ2) is 9.90. The number of amides is 1. The van der Waals surface area contributed by atoms with Gasteiger partial charge in [-0.25, -0.2) is 4.98 Å². The number of carbonyl (C=O) groups excluding carboxylic acids is 1. The van der Waals surface area contributed by atoms with Gasteiger partial charge in [-0.3, -0.25) is 9.69 Å². The largest absolute Gasteiger partial charge is 0.444 e. The maximum absolute atomic E-state index is 12.9. The molecule has 0 spiro atoms. The van der Waals surface area contributed by atoms with Crippen LogP contribution in [0.3, 0.4) is 0 Å². The van der Waals surface area contributed by atoms with Crippen molar-refractivity contribution >= 4 is 30.7 Å². The number of piperidine rings is 1. The van der Waals surface area contributed by atoms with Crippen LogP contribution in [-0.2, 0) is 16.1 Å². The van der Waals surface area contributed by atoms with Gasteiger partial charge in [-0.15, -0.1) is 24.8 Å². The first kappa shape index (κ1) is 23.2. The lowest BCUT2D eigenvalue weighted by Crippen LogP contribution is -2.59. The molecule has 1 aromatic heterocycles. The maximum Gasteiger partial charge on any atom is 0.254 e. The van der Waals surface area contributed by atoms with Crippen LogP contribution in [0.4, 0.5) is 0 Å². The fraction of sp³-hybridized carbons (Fsp3) is 0.765. The number of oxazole rings is 1. The summed E-state index contributed by atoms with van der Waals surface area (Å²) in [7, 11) is 1.66. The molecule has 0 bridgehead atoms. The Hall–Kier alpha value is -0.860. The number of aryl methyl sites for hydroxylation is 2. The Balaban J connectivity index is 0.00000169. The molecule has 0 aromatic carbocycles. The van der Waals surface area contributed by atoms with Crippen molar-refractivity contribution in [3.05, 3.63) is 17.3 Å². The molecule has 2 saturated heterocycles. The fourth-order valence-corrected chi connectivity index (χ4v) is 3.53. The SMILES string of the molecule is COC1(C(=O)N2CCN(Cc3nc(C)c(C)o3)CC2)CCNCC1.Cl.Cl. The number of rotatable bonds is 4. The fourth-order valence-electron chi connectivity index (χ4n) is 3.53. The van der Waals surface area contributed by atoms with Gasteiger partial charge in [0.2, 0.25) is 5.89 Å². The van der Waals surface area contributed by atoms with Gasteiger partial charge in [0.25, 0.3) is 5.91 Å².